The molecule has 0 aromatic heterocycles. The maximum absolute atomic E-state index is 12.1. The molecule has 126 valence electrons. The Morgan fingerprint density at radius 3 is 2.58 bits per heavy atom. The minimum atomic E-state index is -3.68. The highest BCUT2D eigenvalue weighted by Crippen LogP contribution is 2.13. The van der Waals surface area contributed by atoms with Gasteiger partial charge in [-0.1, -0.05) is 42.0 Å². The van der Waals surface area contributed by atoms with Gasteiger partial charge < -0.3 is 4.74 Å². The number of sulfonamides is 1. The maximum atomic E-state index is 12.1. The van der Waals surface area contributed by atoms with Crippen LogP contribution in [0.3, 0.4) is 0 Å². The molecule has 0 aliphatic rings. The number of esters is 1. The van der Waals surface area contributed by atoms with Gasteiger partial charge in [0.1, 0.15) is 6.61 Å². The van der Waals surface area contributed by atoms with Crippen LogP contribution >= 0.6 is 0 Å². The summed E-state index contributed by atoms with van der Waals surface area (Å²) in [6.45, 7) is 5.68. The number of hydrogen-bond donors (Lipinski definition) is 1. The maximum Gasteiger partial charge on any atom is 0.338 e. The third-order valence-corrected chi connectivity index (χ3v) is 4.71. The Balaban J connectivity index is 2.08. The van der Waals surface area contributed by atoms with E-state index in [0.717, 1.165) is 11.1 Å². The van der Waals surface area contributed by atoms with Crippen LogP contribution in [-0.4, -0.2) is 20.9 Å². The predicted octanol–water partition coefficient (Wildman–Crippen LogP) is 2.82. The Morgan fingerprint density at radius 1 is 1.21 bits per heavy atom. The summed E-state index contributed by atoms with van der Waals surface area (Å²) in [6, 6.07) is 13.4. The van der Waals surface area contributed by atoms with Crippen LogP contribution < -0.4 is 4.72 Å². The smallest absolute Gasteiger partial charge is 0.338 e. The molecule has 0 heterocycles. The average Bonchev–Trinajstić information content (AvgIpc) is 2.59. The van der Waals surface area contributed by atoms with Crippen LogP contribution in [0.5, 0.6) is 0 Å². The molecular formula is C18H19NO4S. The molecule has 5 nitrogen and oxygen atoms in total. The van der Waals surface area contributed by atoms with Gasteiger partial charge in [0.25, 0.3) is 0 Å². The molecule has 0 fully saturated rings. The molecular weight excluding hydrogens is 326 g/mol. The molecule has 2 rings (SSSR count). The standard InChI is InChI=1S/C18H19NO4S/c1-3-11-19-24(21,22)17-6-4-5-16(12-17)18(20)23-13-15-9-7-14(2)8-10-15/h3-10,12,19H,1,11,13H2,2H3. The fraction of sp³-hybridized carbons (Fsp3) is 0.167. The van der Waals surface area contributed by atoms with Gasteiger partial charge in [0.2, 0.25) is 10.0 Å². The average molecular weight is 345 g/mol. The lowest BCUT2D eigenvalue weighted by Crippen LogP contribution is -2.23. The van der Waals surface area contributed by atoms with E-state index in [1.807, 2.05) is 31.2 Å². The zero-order chi connectivity index (χ0) is 17.6. The van der Waals surface area contributed by atoms with Gasteiger partial charge in [-0.3, -0.25) is 0 Å². The second-order valence-corrected chi connectivity index (χ2v) is 7.00. The summed E-state index contributed by atoms with van der Waals surface area (Å²) in [4.78, 5) is 12.1. The molecule has 0 spiro atoms. The molecule has 1 N–H and O–H groups in total. The van der Waals surface area contributed by atoms with E-state index < -0.39 is 16.0 Å². The summed E-state index contributed by atoms with van der Waals surface area (Å²) in [5.74, 6) is -0.573. The van der Waals surface area contributed by atoms with Crippen molar-refractivity contribution in [2.75, 3.05) is 6.54 Å². The number of benzene rings is 2. The first kappa shape index (κ1) is 17.9. The normalized spacial score (nSPS) is 11.0. The van der Waals surface area contributed by atoms with Gasteiger partial charge in [-0.15, -0.1) is 6.58 Å². The van der Waals surface area contributed by atoms with Gasteiger partial charge >= 0.3 is 5.97 Å². The van der Waals surface area contributed by atoms with E-state index in [-0.39, 0.29) is 23.6 Å². The van der Waals surface area contributed by atoms with Crippen molar-refractivity contribution in [3.8, 4) is 0 Å². The zero-order valence-corrected chi connectivity index (χ0v) is 14.2. The Bertz CT molecular complexity index is 826. The van der Waals surface area contributed by atoms with Crippen LogP contribution in [0.25, 0.3) is 0 Å². The number of aryl methyl sites for hydroxylation is 1. The van der Waals surface area contributed by atoms with Crippen molar-refractivity contribution < 1.29 is 17.9 Å². The van der Waals surface area contributed by atoms with Gasteiger partial charge in [-0.05, 0) is 30.7 Å². The Hall–Kier alpha value is -2.44. The van der Waals surface area contributed by atoms with Crippen LogP contribution in [0.1, 0.15) is 21.5 Å². The second-order valence-electron chi connectivity index (χ2n) is 5.23. The van der Waals surface area contributed by atoms with E-state index >= 15 is 0 Å². The third-order valence-electron chi connectivity index (χ3n) is 3.29. The molecule has 6 heteroatoms. The van der Waals surface area contributed by atoms with Gasteiger partial charge in [-0.25, -0.2) is 17.9 Å². The number of ether oxygens (including phenoxy) is 1. The fourth-order valence-corrected chi connectivity index (χ4v) is 3.00. The third kappa shape index (κ3) is 4.78. The highest BCUT2D eigenvalue weighted by molar-refractivity contribution is 7.89. The van der Waals surface area contributed by atoms with E-state index in [9.17, 15) is 13.2 Å². The zero-order valence-electron chi connectivity index (χ0n) is 13.4. The summed E-state index contributed by atoms with van der Waals surface area (Å²) < 4.78 is 31.7. The lowest BCUT2D eigenvalue weighted by Gasteiger charge is -2.08. The number of hydrogen-bond acceptors (Lipinski definition) is 4. The van der Waals surface area contributed by atoms with Gasteiger partial charge in [-0.2, -0.15) is 0 Å². The van der Waals surface area contributed by atoms with Crippen LogP contribution in [0, 0.1) is 6.92 Å². The molecule has 0 amide bonds. The largest absolute Gasteiger partial charge is 0.457 e. The number of nitrogens with one attached hydrogen (secondary N) is 1. The topological polar surface area (TPSA) is 72.5 Å². The van der Waals surface area contributed by atoms with Crippen molar-refractivity contribution in [2.24, 2.45) is 0 Å². The van der Waals surface area contributed by atoms with E-state index in [1.54, 1.807) is 0 Å². The Labute approximate surface area is 142 Å². The first-order valence-electron chi connectivity index (χ1n) is 7.35. The van der Waals surface area contributed by atoms with Crippen LogP contribution in [0.2, 0.25) is 0 Å². The van der Waals surface area contributed by atoms with Gasteiger partial charge in [0.15, 0.2) is 0 Å². The van der Waals surface area contributed by atoms with E-state index in [0.29, 0.717) is 0 Å². The molecule has 2 aromatic carbocycles. The Kier molecular flexibility index (Phi) is 5.89. The second kappa shape index (κ2) is 7.90. The van der Waals surface area contributed by atoms with Crippen LogP contribution in [-0.2, 0) is 21.4 Å². The van der Waals surface area contributed by atoms with Crippen molar-refractivity contribution in [2.45, 2.75) is 18.4 Å². The number of carbonyl (C=O) groups is 1. The predicted molar refractivity (Wildman–Crippen MR) is 92.1 cm³/mol. The van der Waals surface area contributed by atoms with Gasteiger partial charge in [0.05, 0.1) is 10.5 Å². The molecule has 0 saturated heterocycles. The summed E-state index contributed by atoms with van der Waals surface area (Å²) >= 11 is 0. The first-order chi connectivity index (χ1) is 11.4. The first-order valence-corrected chi connectivity index (χ1v) is 8.84. The molecule has 0 radical (unpaired) electrons. The lowest BCUT2D eigenvalue weighted by molar-refractivity contribution is 0.0472. The van der Waals surface area contributed by atoms with Crippen LogP contribution in [0.4, 0.5) is 0 Å². The minimum Gasteiger partial charge on any atom is -0.457 e. The summed E-state index contributed by atoms with van der Waals surface area (Å²) in [5.41, 5.74) is 2.17. The van der Waals surface area contributed by atoms with Gasteiger partial charge in [0, 0.05) is 6.54 Å². The lowest BCUT2D eigenvalue weighted by atomic mass is 10.2. The molecule has 0 bridgehead atoms. The molecule has 24 heavy (non-hydrogen) atoms. The quantitative estimate of drug-likeness (QED) is 0.619. The molecule has 0 saturated carbocycles. The van der Waals surface area contributed by atoms with Crippen molar-refractivity contribution in [3.05, 3.63) is 77.9 Å². The number of carbonyl (C=O) groups excluding carboxylic acids is 1. The van der Waals surface area contributed by atoms with Crippen molar-refractivity contribution >= 4 is 16.0 Å². The molecule has 0 aliphatic carbocycles. The monoisotopic (exact) mass is 345 g/mol. The molecule has 0 aliphatic heterocycles. The highest BCUT2D eigenvalue weighted by Gasteiger charge is 2.16. The van der Waals surface area contributed by atoms with Crippen molar-refractivity contribution in [1.82, 2.24) is 4.72 Å². The minimum absolute atomic E-state index is 0.00846. The summed E-state index contributed by atoms with van der Waals surface area (Å²) in [5, 5.41) is 0. The number of rotatable bonds is 7. The molecule has 2 aromatic rings. The van der Waals surface area contributed by atoms with Crippen LogP contribution in [0.15, 0.2) is 66.1 Å². The molecule has 0 unspecified atom stereocenters. The molecule has 0 atom stereocenters. The SMILES string of the molecule is C=CCNS(=O)(=O)c1cccc(C(=O)OCc2ccc(C)cc2)c1. The Morgan fingerprint density at radius 2 is 1.92 bits per heavy atom. The summed E-state index contributed by atoms with van der Waals surface area (Å²) in [7, 11) is -3.68. The summed E-state index contributed by atoms with van der Waals surface area (Å²) in [6.07, 6.45) is 1.44. The van der Waals surface area contributed by atoms with Crippen molar-refractivity contribution in [3.63, 3.8) is 0 Å². The fourth-order valence-electron chi connectivity index (χ4n) is 1.96. The van der Waals surface area contributed by atoms with E-state index in [4.69, 9.17) is 4.74 Å². The van der Waals surface area contributed by atoms with E-state index in [1.165, 1.54) is 30.3 Å². The van der Waals surface area contributed by atoms with E-state index in [2.05, 4.69) is 11.3 Å². The highest BCUT2D eigenvalue weighted by atomic mass is 32.2. The van der Waals surface area contributed by atoms with Crippen molar-refractivity contribution in [1.29, 1.82) is 0 Å².